The molecule has 0 spiro atoms. The summed E-state index contributed by atoms with van der Waals surface area (Å²) in [4.78, 5) is 0. The molecule has 0 aromatic heterocycles. The molecule has 1 aromatic rings. The van der Waals surface area contributed by atoms with Crippen LogP contribution in [0.1, 0.15) is 18.4 Å². The molecule has 0 unspecified atom stereocenters. The molecule has 0 radical (unpaired) electrons. The minimum absolute atomic E-state index is 0.0171. The molecule has 0 aliphatic heterocycles. The van der Waals surface area contributed by atoms with Crippen molar-refractivity contribution in [2.75, 3.05) is 6.61 Å². The van der Waals surface area contributed by atoms with Crippen LogP contribution in [0.4, 0.5) is 8.78 Å². The molecule has 0 heterocycles. The normalized spacial score (nSPS) is 19.2. The molecule has 4 heteroatoms. The Balaban J connectivity index is 1.81. The Hall–Kier alpha value is -1.16. The Morgan fingerprint density at radius 1 is 1.38 bits per heavy atom. The highest BCUT2D eigenvalue weighted by atomic mass is 19.3. The van der Waals surface area contributed by atoms with Gasteiger partial charge in [-0.25, -0.2) is 8.78 Å². The molecule has 2 nitrogen and oxygen atoms in total. The maximum Gasteiger partial charge on any atom is 0.248 e. The summed E-state index contributed by atoms with van der Waals surface area (Å²) in [5.41, 5.74) is 6.48. The first-order valence-electron chi connectivity index (χ1n) is 5.39. The van der Waals surface area contributed by atoms with Crippen molar-refractivity contribution in [1.29, 1.82) is 0 Å². The van der Waals surface area contributed by atoms with E-state index in [1.165, 1.54) is 0 Å². The topological polar surface area (TPSA) is 35.2 Å². The summed E-state index contributed by atoms with van der Waals surface area (Å²) in [7, 11) is 0. The average molecular weight is 227 g/mol. The van der Waals surface area contributed by atoms with Crippen LogP contribution in [0.15, 0.2) is 24.3 Å². The summed E-state index contributed by atoms with van der Waals surface area (Å²) in [5, 5.41) is 0. The highest BCUT2D eigenvalue weighted by Crippen LogP contribution is 2.42. The number of benzene rings is 1. The van der Waals surface area contributed by atoms with Crippen LogP contribution in [0.3, 0.4) is 0 Å². The lowest BCUT2D eigenvalue weighted by Crippen LogP contribution is -2.38. The van der Waals surface area contributed by atoms with Crippen LogP contribution in [-0.4, -0.2) is 12.5 Å². The second-order valence-corrected chi connectivity index (χ2v) is 4.29. The van der Waals surface area contributed by atoms with Gasteiger partial charge in [-0.15, -0.1) is 0 Å². The van der Waals surface area contributed by atoms with E-state index in [0.717, 1.165) is 5.56 Å². The zero-order valence-electron chi connectivity index (χ0n) is 8.96. The summed E-state index contributed by atoms with van der Waals surface area (Å²) in [6.45, 7) is 0.822. The zero-order chi connectivity index (χ0) is 11.6. The highest BCUT2D eigenvalue weighted by molar-refractivity contribution is 5.28. The predicted molar refractivity (Wildman–Crippen MR) is 57.5 cm³/mol. The number of rotatable bonds is 4. The molecule has 2 N–H and O–H groups in total. The Kier molecular flexibility index (Phi) is 3.10. The molecule has 0 saturated heterocycles. The Labute approximate surface area is 93.4 Å². The molecular weight excluding hydrogens is 212 g/mol. The molecule has 0 atom stereocenters. The smallest absolute Gasteiger partial charge is 0.248 e. The predicted octanol–water partition coefficient (Wildman–Crippen LogP) is 2.57. The molecule has 0 bridgehead atoms. The first-order valence-corrected chi connectivity index (χ1v) is 5.39. The summed E-state index contributed by atoms with van der Waals surface area (Å²) >= 11 is 0. The molecule has 1 saturated carbocycles. The van der Waals surface area contributed by atoms with Crippen LogP contribution in [0.25, 0.3) is 0 Å². The number of ether oxygens (including phenoxy) is 1. The van der Waals surface area contributed by atoms with E-state index in [0.29, 0.717) is 18.9 Å². The van der Waals surface area contributed by atoms with Crippen molar-refractivity contribution in [3.63, 3.8) is 0 Å². The average Bonchev–Trinajstić information content (AvgIpc) is 2.23. The first-order chi connectivity index (χ1) is 7.59. The fourth-order valence-electron chi connectivity index (χ4n) is 1.88. The SMILES string of the molecule is NCc1cccc(OCC2CC(F)(F)C2)c1. The fourth-order valence-corrected chi connectivity index (χ4v) is 1.88. The number of hydrogen-bond donors (Lipinski definition) is 1. The van der Waals surface area contributed by atoms with E-state index in [9.17, 15) is 8.78 Å². The minimum atomic E-state index is -2.47. The summed E-state index contributed by atoms with van der Waals surface area (Å²) in [6.07, 6.45) is -0.104. The zero-order valence-corrected chi connectivity index (χ0v) is 8.96. The lowest BCUT2D eigenvalue weighted by molar-refractivity contribution is -0.119. The van der Waals surface area contributed by atoms with Gasteiger partial charge in [0.05, 0.1) is 6.61 Å². The Morgan fingerprint density at radius 3 is 2.75 bits per heavy atom. The van der Waals surface area contributed by atoms with E-state index in [-0.39, 0.29) is 18.8 Å². The number of alkyl halides is 2. The number of nitrogens with two attached hydrogens (primary N) is 1. The number of halogens is 2. The highest BCUT2D eigenvalue weighted by Gasteiger charge is 2.45. The third-order valence-electron chi connectivity index (χ3n) is 2.79. The maximum absolute atomic E-state index is 12.6. The summed E-state index contributed by atoms with van der Waals surface area (Å²) < 4.78 is 30.6. The van der Waals surface area contributed by atoms with E-state index in [1.807, 2.05) is 24.3 Å². The van der Waals surface area contributed by atoms with E-state index >= 15 is 0 Å². The maximum atomic E-state index is 12.6. The fraction of sp³-hybridized carbons (Fsp3) is 0.500. The summed E-state index contributed by atoms with van der Waals surface area (Å²) in [5.74, 6) is -1.78. The van der Waals surface area contributed by atoms with Gasteiger partial charge in [0.15, 0.2) is 0 Å². The van der Waals surface area contributed by atoms with Crippen LogP contribution in [0.2, 0.25) is 0 Å². The van der Waals surface area contributed by atoms with Crippen LogP contribution < -0.4 is 10.5 Å². The largest absolute Gasteiger partial charge is 0.493 e. The van der Waals surface area contributed by atoms with Gasteiger partial charge in [0.2, 0.25) is 5.92 Å². The van der Waals surface area contributed by atoms with E-state index in [1.54, 1.807) is 0 Å². The Bertz CT molecular complexity index is 360. The van der Waals surface area contributed by atoms with Gasteiger partial charge in [-0.1, -0.05) is 12.1 Å². The van der Waals surface area contributed by atoms with Crippen molar-refractivity contribution < 1.29 is 13.5 Å². The van der Waals surface area contributed by atoms with E-state index < -0.39 is 5.92 Å². The van der Waals surface area contributed by atoms with Crippen molar-refractivity contribution in [2.45, 2.75) is 25.3 Å². The molecule has 2 rings (SSSR count). The lowest BCUT2D eigenvalue weighted by Gasteiger charge is -2.34. The molecule has 1 aromatic carbocycles. The van der Waals surface area contributed by atoms with Crippen molar-refractivity contribution in [1.82, 2.24) is 0 Å². The lowest BCUT2D eigenvalue weighted by atomic mass is 9.82. The van der Waals surface area contributed by atoms with Gasteiger partial charge in [0.25, 0.3) is 0 Å². The monoisotopic (exact) mass is 227 g/mol. The molecule has 1 aliphatic rings. The third-order valence-corrected chi connectivity index (χ3v) is 2.79. The standard InChI is InChI=1S/C12H15F2NO/c13-12(14)5-10(6-12)8-16-11-3-1-2-9(4-11)7-15/h1-4,10H,5-8,15H2. The van der Waals surface area contributed by atoms with Crippen molar-refractivity contribution in [3.05, 3.63) is 29.8 Å². The van der Waals surface area contributed by atoms with Crippen LogP contribution in [0, 0.1) is 5.92 Å². The second kappa shape index (κ2) is 4.37. The van der Waals surface area contributed by atoms with Gasteiger partial charge in [0, 0.05) is 25.3 Å². The van der Waals surface area contributed by atoms with Gasteiger partial charge in [-0.05, 0) is 17.7 Å². The van der Waals surface area contributed by atoms with Gasteiger partial charge >= 0.3 is 0 Å². The van der Waals surface area contributed by atoms with Gasteiger partial charge in [0.1, 0.15) is 5.75 Å². The third kappa shape index (κ3) is 2.70. The minimum Gasteiger partial charge on any atom is -0.493 e. The second-order valence-electron chi connectivity index (χ2n) is 4.29. The Morgan fingerprint density at radius 2 is 2.12 bits per heavy atom. The molecular formula is C12H15F2NO. The van der Waals surface area contributed by atoms with Gasteiger partial charge < -0.3 is 10.5 Å². The molecule has 1 aliphatic carbocycles. The summed E-state index contributed by atoms with van der Waals surface area (Å²) in [6, 6.07) is 7.42. The van der Waals surface area contributed by atoms with Crippen LogP contribution in [-0.2, 0) is 6.54 Å². The van der Waals surface area contributed by atoms with Crippen molar-refractivity contribution in [3.8, 4) is 5.75 Å². The van der Waals surface area contributed by atoms with Crippen LogP contribution in [0.5, 0.6) is 5.75 Å². The van der Waals surface area contributed by atoms with Crippen molar-refractivity contribution >= 4 is 0 Å². The molecule has 16 heavy (non-hydrogen) atoms. The molecule has 88 valence electrons. The van der Waals surface area contributed by atoms with Crippen molar-refractivity contribution in [2.24, 2.45) is 11.7 Å². The quantitative estimate of drug-likeness (QED) is 0.858. The van der Waals surface area contributed by atoms with Gasteiger partial charge in [-0.3, -0.25) is 0 Å². The van der Waals surface area contributed by atoms with E-state index in [2.05, 4.69) is 0 Å². The molecule has 1 fully saturated rings. The van der Waals surface area contributed by atoms with Crippen LogP contribution >= 0.6 is 0 Å². The van der Waals surface area contributed by atoms with Gasteiger partial charge in [-0.2, -0.15) is 0 Å². The first kappa shape index (κ1) is 11.3. The molecule has 0 amide bonds. The van der Waals surface area contributed by atoms with E-state index in [4.69, 9.17) is 10.5 Å². The number of hydrogen-bond acceptors (Lipinski definition) is 2.